The molecule has 4 rings (SSSR count). The van der Waals surface area contributed by atoms with E-state index in [1.54, 1.807) is 6.20 Å². The van der Waals surface area contributed by atoms with Crippen LogP contribution in [0, 0.1) is 5.92 Å². The molecule has 2 aliphatic rings. The van der Waals surface area contributed by atoms with Crippen LogP contribution in [0.3, 0.4) is 0 Å². The number of benzene rings is 1. The van der Waals surface area contributed by atoms with E-state index in [4.69, 9.17) is 4.74 Å². The number of carbonyl (C=O) groups is 1. The van der Waals surface area contributed by atoms with Crippen molar-refractivity contribution in [3.05, 3.63) is 54.4 Å². The summed E-state index contributed by atoms with van der Waals surface area (Å²) in [4.78, 5) is 15.5. The minimum atomic E-state index is -0.533. The third-order valence-corrected chi connectivity index (χ3v) is 5.81. The van der Waals surface area contributed by atoms with Gasteiger partial charge in [-0.3, -0.25) is 9.48 Å². The van der Waals surface area contributed by atoms with E-state index in [1.165, 1.54) is 5.56 Å². The Morgan fingerprint density at radius 1 is 1.22 bits per heavy atom. The van der Waals surface area contributed by atoms with Crippen molar-refractivity contribution in [1.29, 1.82) is 0 Å². The highest BCUT2D eigenvalue weighted by Crippen LogP contribution is 2.31. The lowest BCUT2D eigenvalue weighted by atomic mass is 9.87. The fraction of sp³-hybridized carbons (Fsp3) is 0.524. The molecule has 2 aliphatic heterocycles. The maximum Gasteiger partial charge on any atom is 0.250 e. The number of nitrogens with zero attached hydrogens (tertiary/aromatic N) is 3. The van der Waals surface area contributed by atoms with Gasteiger partial charge in [-0.05, 0) is 44.0 Å². The Kier molecular flexibility index (Phi) is 5.55. The summed E-state index contributed by atoms with van der Waals surface area (Å²) >= 11 is 0. The average Bonchev–Trinajstić information content (AvgIpc) is 3.41. The molecule has 1 aromatic heterocycles. The molecule has 0 spiro atoms. The molecule has 1 atom stereocenters. The van der Waals surface area contributed by atoms with Crippen molar-refractivity contribution in [2.24, 2.45) is 5.92 Å². The Morgan fingerprint density at radius 3 is 2.78 bits per heavy atom. The molecule has 6 nitrogen and oxygen atoms in total. The smallest absolute Gasteiger partial charge is 0.250 e. The number of hydrogen-bond donors (Lipinski definition) is 1. The molecule has 1 amide bonds. The molecule has 0 aliphatic carbocycles. The predicted octanol–water partition coefficient (Wildman–Crippen LogP) is 2.03. The Balaban J connectivity index is 1.35. The molecule has 27 heavy (non-hydrogen) atoms. The lowest BCUT2D eigenvalue weighted by Crippen LogP contribution is -2.55. The number of rotatable bonds is 6. The van der Waals surface area contributed by atoms with Crippen LogP contribution in [0.4, 0.5) is 0 Å². The summed E-state index contributed by atoms with van der Waals surface area (Å²) in [6.07, 6.45) is 6.29. The molecule has 2 saturated heterocycles. The fourth-order valence-electron chi connectivity index (χ4n) is 4.27. The monoisotopic (exact) mass is 368 g/mol. The summed E-state index contributed by atoms with van der Waals surface area (Å²) < 4.78 is 7.79. The molecular formula is C21H28N4O2. The molecule has 1 unspecified atom stereocenters. The van der Waals surface area contributed by atoms with E-state index in [0.29, 0.717) is 19.1 Å². The van der Waals surface area contributed by atoms with Crippen molar-refractivity contribution in [2.75, 3.05) is 32.8 Å². The zero-order valence-electron chi connectivity index (χ0n) is 15.7. The number of ether oxygens (including phenoxy) is 1. The molecule has 3 heterocycles. The van der Waals surface area contributed by atoms with Gasteiger partial charge in [0.25, 0.3) is 5.91 Å². The second-order valence-corrected chi connectivity index (χ2v) is 7.64. The number of nitrogens with one attached hydrogen (secondary N) is 1. The van der Waals surface area contributed by atoms with Crippen molar-refractivity contribution in [3.8, 4) is 0 Å². The second kappa shape index (κ2) is 8.23. The molecule has 0 saturated carbocycles. The van der Waals surface area contributed by atoms with Gasteiger partial charge in [0.15, 0.2) is 0 Å². The first-order valence-corrected chi connectivity index (χ1v) is 9.90. The minimum absolute atomic E-state index is 0.221. The van der Waals surface area contributed by atoms with Crippen molar-refractivity contribution < 1.29 is 9.53 Å². The number of piperidine rings is 1. The summed E-state index contributed by atoms with van der Waals surface area (Å²) in [6.45, 7) is 4.63. The standard InChI is InChI=1S/C21H28N4O2/c26-20(21(8-11-22-12-9-21)25-13-4-10-23-25)24-14-7-19(15-24)17-27-16-18-5-2-1-3-6-18/h1-6,10,13,19,22H,7-9,11-12,14-17H2. The first-order valence-electron chi connectivity index (χ1n) is 9.90. The van der Waals surface area contributed by atoms with Crippen LogP contribution in [0.1, 0.15) is 24.8 Å². The summed E-state index contributed by atoms with van der Waals surface area (Å²) in [7, 11) is 0. The molecule has 144 valence electrons. The van der Waals surface area contributed by atoms with Gasteiger partial charge in [0.2, 0.25) is 0 Å². The van der Waals surface area contributed by atoms with Crippen molar-refractivity contribution in [2.45, 2.75) is 31.4 Å². The molecule has 0 bridgehead atoms. The Labute approximate surface area is 160 Å². The zero-order valence-corrected chi connectivity index (χ0v) is 15.7. The number of amides is 1. The third kappa shape index (κ3) is 3.92. The molecule has 1 aromatic carbocycles. The highest BCUT2D eigenvalue weighted by atomic mass is 16.5. The van der Waals surface area contributed by atoms with E-state index in [9.17, 15) is 4.79 Å². The van der Waals surface area contributed by atoms with Gasteiger partial charge >= 0.3 is 0 Å². The molecule has 2 aromatic rings. The molecule has 0 radical (unpaired) electrons. The quantitative estimate of drug-likeness (QED) is 0.848. The second-order valence-electron chi connectivity index (χ2n) is 7.64. The van der Waals surface area contributed by atoms with Gasteiger partial charge in [-0.1, -0.05) is 30.3 Å². The molecular weight excluding hydrogens is 340 g/mol. The van der Waals surface area contributed by atoms with Gasteiger partial charge < -0.3 is 15.0 Å². The summed E-state index contributed by atoms with van der Waals surface area (Å²) in [5, 5.41) is 7.79. The van der Waals surface area contributed by atoms with Gasteiger partial charge in [0.1, 0.15) is 5.54 Å². The average molecular weight is 368 g/mol. The Morgan fingerprint density at radius 2 is 2.04 bits per heavy atom. The van der Waals surface area contributed by atoms with E-state index in [0.717, 1.165) is 45.4 Å². The highest BCUT2D eigenvalue weighted by Gasteiger charge is 2.45. The fourth-order valence-corrected chi connectivity index (χ4v) is 4.27. The van der Waals surface area contributed by atoms with Crippen LogP contribution in [0.15, 0.2) is 48.8 Å². The van der Waals surface area contributed by atoms with Crippen molar-refractivity contribution in [3.63, 3.8) is 0 Å². The lowest BCUT2D eigenvalue weighted by Gasteiger charge is -2.39. The first kappa shape index (κ1) is 18.2. The van der Waals surface area contributed by atoms with Crippen LogP contribution in [-0.4, -0.2) is 53.4 Å². The van der Waals surface area contributed by atoms with Crippen molar-refractivity contribution >= 4 is 5.91 Å². The van der Waals surface area contributed by atoms with Crippen LogP contribution in [0.2, 0.25) is 0 Å². The number of aromatic nitrogens is 2. The van der Waals surface area contributed by atoms with E-state index in [2.05, 4.69) is 22.5 Å². The lowest BCUT2D eigenvalue weighted by molar-refractivity contribution is -0.142. The van der Waals surface area contributed by atoms with E-state index >= 15 is 0 Å². The predicted molar refractivity (Wildman–Crippen MR) is 103 cm³/mol. The molecule has 1 N–H and O–H groups in total. The maximum absolute atomic E-state index is 13.5. The summed E-state index contributed by atoms with van der Waals surface area (Å²) in [5.41, 5.74) is 0.657. The van der Waals surface area contributed by atoms with E-state index in [1.807, 2.05) is 40.0 Å². The minimum Gasteiger partial charge on any atom is -0.376 e. The van der Waals surface area contributed by atoms with Gasteiger partial charge in [-0.15, -0.1) is 0 Å². The first-order chi connectivity index (χ1) is 13.3. The van der Waals surface area contributed by atoms with Crippen LogP contribution >= 0.6 is 0 Å². The summed E-state index contributed by atoms with van der Waals surface area (Å²) in [5.74, 6) is 0.632. The van der Waals surface area contributed by atoms with Crippen LogP contribution in [0.25, 0.3) is 0 Å². The van der Waals surface area contributed by atoms with Crippen LogP contribution in [0.5, 0.6) is 0 Å². The summed E-state index contributed by atoms with van der Waals surface area (Å²) in [6, 6.07) is 12.1. The Hall–Kier alpha value is -2.18. The Bertz CT molecular complexity index is 726. The highest BCUT2D eigenvalue weighted by molar-refractivity contribution is 5.85. The largest absolute Gasteiger partial charge is 0.376 e. The number of hydrogen-bond acceptors (Lipinski definition) is 4. The normalized spacial score (nSPS) is 22.1. The van der Waals surface area contributed by atoms with Gasteiger partial charge in [-0.25, -0.2) is 0 Å². The van der Waals surface area contributed by atoms with Gasteiger partial charge in [0, 0.05) is 31.4 Å². The van der Waals surface area contributed by atoms with Crippen molar-refractivity contribution in [1.82, 2.24) is 20.0 Å². The zero-order chi connectivity index (χ0) is 18.5. The van der Waals surface area contributed by atoms with E-state index < -0.39 is 5.54 Å². The SMILES string of the molecule is O=C(N1CCC(COCc2ccccc2)C1)C1(n2cccn2)CCNCC1. The third-order valence-electron chi connectivity index (χ3n) is 5.81. The topological polar surface area (TPSA) is 59.4 Å². The number of likely N-dealkylation sites (tertiary alicyclic amines) is 1. The van der Waals surface area contributed by atoms with Gasteiger partial charge in [-0.2, -0.15) is 5.10 Å². The molecule has 2 fully saturated rings. The van der Waals surface area contributed by atoms with Gasteiger partial charge in [0.05, 0.1) is 13.2 Å². The number of carbonyl (C=O) groups excluding carboxylic acids is 1. The maximum atomic E-state index is 13.5. The van der Waals surface area contributed by atoms with Crippen LogP contribution < -0.4 is 5.32 Å². The molecule has 6 heteroatoms. The van der Waals surface area contributed by atoms with Crippen LogP contribution in [-0.2, 0) is 21.7 Å². The van der Waals surface area contributed by atoms with E-state index in [-0.39, 0.29) is 5.91 Å².